The number of rotatable bonds is 14. The summed E-state index contributed by atoms with van der Waals surface area (Å²) >= 11 is 19.2. The molecular formula is C34H34Cl3N3O5S. The summed E-state index contributed by atoms with van der Waals surface area (Å²) in [6.45, 7) is 1.53. The molecule has 0 heterocycles. The van der Waals surface area contributed by atoms with Crippen molar-refractivity contribution in [3.05, 3.63) is 123 Å². The van der Waals surface area contributed by atoms with Gasteiger partial charge in [0.1, 0.15) is 18.3 Å². The zero-order valence-corrected chi connectivity index (χ0v) is 28.4. The lowest BCUT2D eigenvalue weighted by Gasteiger charge is -2.34. The fourth-order valence-electron chi connectivity index (χ4n) is 4.78. The molecule has 242 valence electrons. The van der Waals surface area contributed by atoms with E-state index in [1.54, 1.807) is 18.2 Å². The molecule has 0 fully saturated rings. The van der Waals surface area contributed by atoms with Crippen molar-refractivity contribution in [1.82, 2.24) is 10.2 Å². The molecule has 0 radical (unpaired) electrons. The second-order valence-corrected chi connectivity index (χ2v) is 13.5. The first-order valence-electron chi connectivity index (χ1n) is 14.5. The Bertz CT molecular complexity index is 1720. The average molecular weight is 703 g/mol. The van der Waals surface area contributed by atoms with E-state index in [0.717, 1.165) is 9.87 Å². The highest BCUT2D eigenvalue weighted by molar-refractivity contribution is 7.92. The van der Waals surface area contributed by atoms with Crippen molar-refractivity contribution < 1.29 is 22.7 Å². The number of hydrogen-bond acceptors (Lipinski definition) is 5. The Morgan fingerprint density at radius 2 is 1.48 bits per heavy atom. The van der Waals surface area contributed by atoms with Gasteiger partial charge in [0.2, 0.25) is 11.8 Å². The molecule has 1 N–H and O–H groups in total. The van der Waals surface area contributed by atoms with Gasteiger partial charge in [0, 0.05) is 40.1 Å². The molecule has 4 aromatic carbocycles. The lowest BCUT2D eigenvalue weighted by molar-refractivity contribution is -0.140. The van der Waals surface area contributed by atoms with Crippen LogP contribution in [-0.2, 0) is 32.6 Å². The maximum atomic E-state index is 14.5. The van der Waals surface area contributed by atoms with Crippen molar-refractivity contribution in [2.75, 3.05) is 24.5 Å². The number of nitrogens with zero attached hydrogens (tertiary/aromatic N) is 2. The average Bonchev–Trinajstić information content (AvgIpc) is 3.06. The minimum absolute atomic E-state index is 0.0572. The third-order valence-corrected chi connectivity index (χ3v) is 10.00. The van der Waals surface area contributed by atoms with E-state index in [4.69, 9.17) is 39.5 Å². The Hall–Kier alpha value is -3.76. The molecular weight excluding hydrogens is 669 g/mol. The third kappa shape index (κ3) is 8.73. The van der Waals surface area contributed by atoms with E-state index in [2.05, 4.69) is 5.32 Å². The number of sulfonamides is 1. The Morgan fingerprint density at radius 3 is 2.07 bits per heavy atom. The van der Waals surface area contributed by atoms with Crippen LogP contribution in [0, 0.1) is 0 Å². The number of hydrogen-bond donors (Lipinski definition) is 1. The summed E-state index contributed by atoms with van der Waals surface area (Å²) in [5.41, 5.74) is 1.44. The second kappa shape index (κ2) is 16.2. The fraction of sp³-hybridized carbons (Fsp3) is 0.235. The summed E-state index contributed by atoms with van der Waals surface area (Å²) in [6, 6.07) is 25.2. The van der Waals surface area contributed by atoms with Crippen LogP contribution in [0.3, 0.4) is 0 Å². The topological polar surface area (TPSA) is 96.0 Å². The molecule has 0 aliphatic rings. The van der Waals surface area contributed by atoms with E-state index in [-0.39, 0.29) is 23.5 Å². The van der Waals surface area contributed by atoms with Gasteiger partial charge in [-0.25, -0.2) is 8.42 Å². The molecule has 1 atom stereocenters. The summed E-state index contributed by atoms with van der Waals surface area (Å²) < 4.78 is 34.5. The first kappa shape index (κ1) is 35.1. The molecule has 0 saturated heterocycles. The Balaban J connectivity index is 1.82. The second-order valence-electron chi connectivity index (χ2n) is 10.4. The highest BCUT2D eigenvalue weighted by Gasteiger charge is 2.35. The van der Waals surface area contributed by atoms with E-state index < -0.39 is 34.4 Å². The number of ether oxygens (including phenoxy) is 1. The van der Waals surface area contributed by atoms with Crippen LogP contribution in [0.5, 0.6) is 5.75 Å². The minimum atomic E-state index is -4.29. The van der Waals surface area contributed by atoms with Gasteiger partial charge in [0.15, 0.2) is 0 Å². The smallest absolute Gasteiger partial charge is 0.264 e. The number of nitrogens with one attached hydrogen (secondary N) is 1. The number of carbonyl (C=O) groups excluding carboxylic acids is 2. The molecule has 8 nitrogen and oxygen atoms in total. The Labute approximate surface area is 284 Å². The molecule has 0 aromatic heterocycles. The zero-order valence-electron chi connectivity index (χ0n) is 25.3. The highest BCUT2D eigenvalue weighted by atomic mass is 35.5. The van der Waals surface area contributed by atoms with Crippen molar-refractivity contribution in [3.63, 3.8) is 0 Å². The van der Waals surface area contributed by atoms with Gasteiger partial charge in [-0.15, -0.1) is 0 Å². The van der Waals surface area contributed by atoms with Crippen molar-refractivity contribution in [2.45, 2.75) is 37.2 Å². The molecule has 1 unspecified atom stereocenters. The standard InChI is InChI=1S/C34H34Cl3N3O5S/c1-3-20-38-34(42)32(21-24-8-5-4-6-9-24)39(22-29-30(36)10-7-11-31(29)37)33(41)23-40(26-14-12-25(35)13-15-26)46(43,44)28-18-16-27(45-2)17-19-28/h4-19,32H,3,20-23H2,1-2H3,(H,38,42). The maximum absolute atomic E-state index is 14.5. The summed E-state index contributed by atoms with van der Waals surface area (Å²) in [7, 11) is -2.82. The van der Waals surface area contributed by atoms with Crippen LogP contribution in [-0.4, -0.2) is 51.4 Å². The zero-order chi connectivity index (χ0) is 33.3. The van der Waals surface area contributed by atoms with Crippen LogP contribution in [0.4, 0.5) is 5.69 Å². The summed E-state index contributed by atoms with van der Waals surface area (Å²) in [5.74, 6) is -0.563. The number of benzene rings is 4. The van der Waals surface area contributed by atoms with Crippen LogP contribution < -0.4 is 14.4 Å². The van der Waals surface area contributed by atoms with Crippen molar-refractivity contribution in [3.8, 4) is 5.75 Å². The van der Waals surface area contributed by atoms with Gasteiger partial charge in [-0.05, 0) is 72.6 Å². The van der Waals surface area contributed by atoms with E-state index in [0.29, 0.717) is 39.3 Å². The van der Waals surface area contributed by atoms with E-state index in [9.17, 15) is 18.0 Å². The molecule has 4 aromatic rings. The summed E-state index contributed by atoms with van der Waals surface area (Å²) in [5, 5.41) is 3.90. The monoisotopic (exact) mass is 701 g/mol. The maximum Gasteiger partial charge on any atom is 0.264 e. The summed E-state index contributed by atoms with van der Waals surface area (Å²) in [4.78, 5) is 29.6. The van der Waals surface area contributed by atoms with Gasteiger partial charge in [-0.1, -0.05) is 78.1 Å². The minimum Gasteiger partial charge on any atom is -0.497 e. The van der Waals surface area contributed by atoms with Crippen molar-refractivity contribution in [1.29, 1.82) is 0 Å². The molecule has 4 rings (SSSR count). The molecule has 0 bridgehead atoms. The Morgan fingerprint density at radius 1 is 0.848 bits per heavy atom. The van der Waals surface area contributed by atoms with Crippen molar-refractivity contribution >= 4 is 62.3 Å². The number of methoxy groups -OCH3 is 1. The van der Waals surface area contributed by atoms with Crippen LogP contribution in [0.15, 0.2) is 102 Å². The predicted molar refractivity (Wildman–Crippen MR) is 183 cm³/mol. The van der Waals surface area contributed by atoms with Gasteiger partial charge in [0.25, 0.3) is 10.0 Å². The lowest BCUT2D eigenvalue weighted by Crippen LogP contribution is -2.53. The molecule has 0 saturated carbocycles. The van der Waals surface area contributed by atoms with Gasteiger partial charge >= 0.3 is 0 Å². The first-order chi connectivity index (χ1) is 22.0. The number of anilines is 1. The predicted octanol–water partition coefficient (Wildman–Crippen LogP) is 7.02. The third-order valence-electron chi connectivity index (χ3n) is 7.25. The van der Waals surface area contributed by atoms with Crippen LogP contribution in [0.25, 0.3) is 0 Å². The van der Waals surface area contributed by atoms with E-state index in [1.165, 1.54) is 60.5 Å². The van der Waals surface area contributed by atoms with Gasteiger partial charge in [0.05, 0.1) is 17.7 Å². The molecule has 0 aliphatic carbocycles. The summed E-state index contributed by atoms with van der Waals surface area (Å²) in [6.07, 6.45) is 0.842. The molecule has 46 heavy (non-hydrogen) atoms. The van der Waals surface area contributed by atoms with Crippen LogP contribution in [0.1, 0.15) is 24.5 Å². The molecule has 2 amide bonds. The van der Waals surface area contributed by atoms with Gasteiger partial charge in [-0.3, -0.25) is 13.9 Å². The molecule has 0 aliphatic heterocycles. The first-order valence-corrected chi connectivity index (χ1v) is 17.1. The molecule has 0 spiro atoms. The lowest BCUT2D eigenvalue weighted by atomic mass is 10.0. The van der Waals surface area contributed by atoms with E-state index in [1.807, 2.05) is 37.3 Å². The fourth-order valence-corrected chi connectivity index (χ4v) is 6.84. The van der Waals surface area contributed by atoms with Crippen molar-refractivity contribution in [2.24, 2.45) is 0 Å². The van der Waals surface area contributed by atoms with Crippen LogP contribution in [0.2, 0.25) is 15.1 Å². The van der Waals surface area contributed by atoms with Gasteiger partial charge in [-0.2, -0.15) is 0 Å². The number of amides is 2. The SMILES string of the molecule is CCCNC(=O)C(Cc1ccccc1)N(Cc1c(Cl)cccc1Cl)C(=O)CN(c1ccc(Cl)cc1)S(=O)(=O)c1ccc(OC)cc1. The largest absolute Gasteiger partial charge is 0.497 e. The van der Waals surface area contributed by atoms with Gasteiger partial charge < -0.3 is 15.0 Å². The van der Waals surface area contributed by atoms with Crippen LogP contribution >= 0.6 is 34.8 Å². The number of halogens is 3. The molecule has 12 heteroatoms. The number of carbonyl (C=O) groups is 2. The quantitative estimate of drug-likeness (QED) is 0.153. The van der Waals surface area contributed by atoms with E-state index >= 15 is 0 Å². The Kier molecular flexibility index (Phi) is 12.3. The highest BCUT2D eigenvalue weighted by Crippen LogP contribution is 2.30. The normalized spacial score (nSPS) is 11.8.